The fourth-order valence-electron chi connectivity index (χ4n) is 1.44. The van der Waals surface area contributed by atoms with Crippen LogP contribution in [0.2, 0.25) is 0 Å². The van der Waals surface area contributed by atoms with Gasteiger partial charge >= 0.3 is 0 Å². The van der Waals surface area contributed by atoms with Crippen LogP contribution in [0.1, 0.15) is 19.3 Å². The molecule has 0 amide bonds. The molecule has 1 fully saturated rings. The number of nitrogens with one attached hydrogen (secondary N) is 2. The van der Waals surface area contributed by atoms with Gasteiger partial charge in [-0.3, -0.25) is 0 Å². The summed E-state index contributed by atoms with van der Waals surface area (Å²) in [5, 5.41) is 11.7. The molecule has 0 bridgehead atoms. The Morgan fingerprint density at radius 2 is 2.07 bits per heavy atom. The van der Waals surface area contributed by atoms with Crippen molar-refractivity contribution in [2.24, 2.45) is 5.41 Å². The molecule has 1 aliphatic rings. The van der Waals surface area contributed by atoms with Crippen molar-refractivity contribution in [3.8, 4) is 6.07 Å². The van der Waals surface area contributed by atoms with Crippen LogP contribution in [-0.4, -0.2) is 34.3 Å². The van der Waals surface area contributed by atoms with Crippen LogP contribution in [0.3, 0.4) is 0 Å². The Morgan fingerprint density at radius 3 is 2.53 bits per heavy atom. The molecule has 15 heavy (non-hydrogen) atoms. The van der Waals surface area contributed by atoms with E-state index in [0.717, 1.165) is 25.6 Å². The number of rotatable bonds is 7. The van der Waals surface area contributed by atoms with E-state index in [2.05, 4.69) is 16.1 Å². The quantitative estimate of drug-likeness (QED) is 0.595. The second-order valence-electron chi connectivity index (χ2n) is 4.18. The maximum absolute atomic E-state index is 10.7. The molecule has 2 N–H and O–H groups in total. The first-order valence-electron chi connectivity index (χ1n) is 5.00. The van der Waals surface area contributed by atoms with Crippen LogP contribution >= 0.6 is 0 Å². The molecule has 0 aliphatic heterocycles. The molecule has 1 saturated carbocycles. The molecule has 0 aromatic rings. The van der Waals surface area contributed by atoms with E-state index >= 15 is 0 Å². The average Bonchev–Trinajstić information content (AvgIpc) is 2.83. The third kappa shape index (κ3) is 5.11. The lowest BCUT2D eigenvalue weighted by Crippen LogP contribution is -2.33. The zero-order valence-electron chi connectivity index (χ0n) is 8.91. The minimum absolute atomic E-state index is 0.180. The number of nitriles is 1. The van der Waals surface area contributed by atoms with Crippen LogP contribution in [0, 0.1) is 16.7 Å². The second-order valence-corrected chi connectivity index (χ2v) is 6.01. The third-order valence-electron chi connectivity index (χ3n) is 2.58. The van der Waals surface area contributed by atoms with E-state index in [9.17, 15) is 8.42 Å². The maximum atomic E-state index is 10.7. The highest BCUT2D eigenvalue weighted by atomic mass is 32.2. The fraction of sp³-hybridized carbons (Fsp3) is 0.889. The lowest BCUT2D eigenvalue weighted by Gasteiger charge is -2.11. The van der Waals surface area contributed by atoms with Gasteiger partial charge in [0.15, 0.2) is 0 Å². The molecule has 0 radical (unpaired) electrons. The van der Waals surface area contributed by atoms with Crippen molar-refractivity contribution in [1.82, 2.24) is 10.0 Å². The summed E-state index contributed by atoms with van der Waals surface area (Å²) in [6.45, 7) is 1.83. The highest BCUT2D eigenvalue weighted by molar-refractivity contribution is 7.88. The fourth-order valence-corrected chi connectivity index (χ4v) is 1.91. The van der Waals surface area contributed by atoms with Crippen LogP contribution in [0.25, 0.3) is 0 Å². The topological polar surface area (TPSA) is 82.0 Å². The Bertz CT molecular complexity index is 341. The molecule has 0 unspecified atom stereocenters. The Balaban J connectivity index is 2.05. The molecular formula is C9H17N3O2S. The molecule has 5 nitrogen and oxygen atoms in total. The summed E-state index contributed by atoms with van der Waals surface area (Å²) in [6, 6.07) is 2.18. The summed E-state index contributed by atoms with van der Waals surface area (Å²) in [7, 11) is -3.08. The first kappa shape index (κ1) is 12.4. The van der Waals surface area contributed by atoms with Crippen molar-refractivity contribution in [3.05, 3.63) is 0 Å². The molecule has 86 valence electrons. The molecule has 0 spiro atoms. The van der Waals surface area contributed by atoms with Gasteiger partial charge in [-0.05, 0) is 18.3 Å². The molecular weight excluding hydrogens is 214 g/mol. The summed E-state index contributed by atoms with van der Waals surface area (Å²) in [5.74, 6) is 0. The Kier molecular flexibility index (Phi) is 4.08. The van der Waals surface area contributed by atoms with Gasteiger partial charge in [-0.1, -0.05) is 0 Å². The van der Waals surface area contributed by atoms with Crippen molar-refractivity contribution in [2.75, 3.05) is 25.9 Å². The van der Waals surface area contributed by atoms with E-state index in [4.69, 9.17) is 5.26 Å². The van der Waals surface area contributed by atoms with Crippen molar-refractivity contribution < 1.29 is 8.42 Å². The minimum Gasteiger partial charge on any atom is -0.315 e. The van der Waals surface area contributed by atoms with Gasteiger partial charge in [-0.15, -0.1) is 0 Å². The number of nitrogens with zero attached hydrogens (tertiary/aromatic N) is 1. The predicted molar refractivity (Wildman–Crippen MR) is 57.6 cm³/mol. The molecule has 0 saturated heterocycles. The lowest BCUT2D eigenvalue weighted by atomic mass is 10.0. The molecule has 1 aliphatic carbocycles. The normalized spacial score (nSPS) is 18.4. The summed E-state index contributed by atoms with van der Waals surface area (Å²) < 4.78 is 23.9. The summed E-state index contributed by atoms with van der Waals surface area (Å²) >= 11 is 0. The highest BCUT2D eigenvalue weighted by Crippen LogP contribution is 2.47. The van der Waals surface area contributed by atoms with E-state index in [1.165, 1.54) is 0 Å². The lowest BCUT2D eigenvalue weighted by molar-refractivity contribution is 0.468. The third-order valence-corrected chi connectivity index (χ3v) is 3.31. The van der Waals surface area contributed by atoms with E-state index in [1.54, 1.807) is 0 Å². The predicted octanol–water partition coefficient (Wildman–Crippen LogP) is -0.181. The van der Waals surface area contributed by atoms with E-state index in [-0.39, 0.29) is 5.41 Å². The van der Waals surface area contributed by atoms with E-state index in [0.29, 0.717) is 19.5 Å². The minimum atomic E-state index is -3.08. The van der Waals surface area contributed by atoms with Gasteiger partial charge in [0.05, 0.1) is 12.3 Å². The first-order chi connectivity index (χ1) is 6.97. The Morgan fingerprint density at radius 1 is 1.40 bits per heavy atom. The smallest absolute Gasteiger partial charge is 0.208 e. The standard InChI is InChI=1S/C9H17N3O2S/c1-15(13,14)12-7-6-11-8-9(2-3-9)4-5-10/h11-12H,2-4,6-8H2,1H3. The van der Waals surface area contributed by atoms with Crippen LogP contribution < -0.4 is 10.0 Å². The van der Waals surface area contributed by atoms with Gasteiger partial charge in [0.2, 0.25) is 10.0 Å². The average molecular weight is 231 g/mol. The summed E-state index contributed by atoms with van der Waals surface area (Å²) in [6.07, 6.45) is 3.95. The zero-order valence-corrected chi connectivity index (χ0v) is 9.73. The Hall–Kier alpha value is -0.640. The molecule has 0 heterocycles. The molecule has 0 atom stereocenters. The van der Waals surface area contributed by atoms with Gasteiger partial charge in [-0.2, -0.15) is 5.26 Å². The second kappa shape index (κ2) is 4.92. The van der Waals surface area contributed by atoms with Crippen LogP contribution in [0.4, 0.5) is 0 Å². The van der Waals surface area contributed by atoms with Crippen molar-refractivity contribution >= 4 is 10.0 Å². The maximum Gasteiger partial charge on any atom is 0.208 e. The van der Waals surface area contributed by atoms with Crippen LogP contribution in [0.5, 0.6) is 0 Å². The number of sulfonamides is 1. The van der Waals surface area contributed by atoms with Crippen molar-refractivity contribution in [3.63, 3.8) is 0 Å². The van der Waals surface area contributed by atoms with E-state index < -0.39 is 10.0 Å². The van der Waals surface area contributed by atoms with Crippen molar-refractivity contribution in [1.29, 1.82) is 5.26 Å². The number of hydrogen-bond donors (Lipinski definition) is 2. The zero-order chi connectivity index (χ0) is 11.4. The van der Waals surface area contributed by atoms with Crippen LogP contribution in [0.15, 0.2) is 0 Å². The first-order valence-corrected chi connectivity index (χ1v) is 6.89. The molecule has 1 rings (SSSR count). The van der Waals surface area contributed by atoms with Crippen molar-refractivity contribution in [2.45, 2.75) is 19.3 Å². The van der Waals surface area contributed by atoms with Gasteiger partial charge in [0.1, 0.15) is 0 Å². The molecule has 6 heteroatoms. The Labute approximate surface area is 90.9 Å². The largest absolute Gasteiger partial charge is 0.315 e. The van der Waals surface area contributed by atoms with Gasteiger partial charge in [-0.25, -0.2) is 13.1 Å². The van der Waals surface area contributed by atoms with Crippen LogP contribution in [-0.2, 0) is 10.0 Å². The summed E-state index contributed by atoms with van der Waals surface area (Å²) in [4.78, 5) is 0. The van der Waals surface area contributed by atoms with Gasteiger partial charge < -0.3 is 5.32 Å². The SMILES string of the molecule is CS(=O)(=O)NCCNCC1(CC#N)CC1. The van der Waals surface area contributed by atoms with Gasteiger partial charge in [0, 0.05) is 26.1 Å². The molecule has 0 aromatic heterocycles. The highest BCUT2D eigenvalue weighted by Gasteiger charge is 2.41. The van der Waals surface area contributed by atoms with E-state index in [1.807, 2.05) is 0 Å². The van der Waals surface area contributed by atoms with Gasteiger partial charge in [0.25, 0.3) is 0 Å². The summed E-state index contributed by atoms with van der Waals surface area (Å²) in [5.41, 5.74) is 0.180. The monoisotopic (exact) mass is 231 g/mol. The molecule has 0 aromatic carbocycles. The number of hydrogen-bond acceptors (Lipinski definition) is 4.